The first-order chi connectivity index (χ1) is 11.1. The number of carbonyl (C=O) groups excluding carboxylic acids is 3. The van der Waals surface area contributed by atoms with Crippen molar-refractivity contribution in [2.24, 2.45) is 23.7 Å². The van der Waals surface area contributed by atoms with Crippen molar-refractivity contribution in [1.29, 1.82) is 0 Å². The standard InChI is InChI=1S/C16H17N3O3S/c20-11(18-16-17-6-8-23-16)5-7-19-14(21)12-9-1-2-10(4-3-9)13(12)15(19)22/h1-2,6,8-10,12-13H,3-5,7H2,(H,17,18,20)/t9-,10-,12+,13+/m0/s1. The van der Waals surface area contributed by atoms with Gasteiger partial charge in [-0.2, -0.15) is 0 Å². The zero-order chi connectivity index (χ0) is 16.0. The van der Waals surface area contributed by atoms with Gasteiger partial charge in [-0.15, -0.1) is 11.3 Å². The number of rotatable bonds is 4. The van der Waals surface area contributed by atoms with Gasteiger partial charge in [-0.25, -0.2) is 4.98 Å². The maximum Gasteiger partial charge on any atom is 0.233 e. The molecule has 4 atom stereocenters. The lowest BCUT2D eigenvalue weighted by molar-refractivity contribution is -0.140. The lowest BCUT2D eigenvalue weighted by atomic mass is 9.63. The van der Waals surface area contributed by atoms with Crippen LogP contribution in [-0.2, 0) is 14.4 Å². The number of imide groups is 1. The Kier molecular flexibility index (Phi) is 3.52. The number of allylic oxidation sites excluding steroid dienone is 2. The van der Waals surface area contributed by atoms with Crippen molar-refractivity contribution in [3.63, 3.8) is 0 Å². The van der Waals surface area contributed by atoms with Crippen LogP contribution in [0.1, 0.15) is 19.3 Å². The van der Waals surface area contributed by atoms with Crippen LogP contribution in [0.3, 0.4) is 0 Å². The molecule has 2 heterocycles. The van der Waals surface area contributed by atoms with Gasteiger partial charge in [0.2, 0.25) is 17.7 Å². The van der Waals surface area contributed by atoms with Crippen molar-refractivity contribution >= 4 is 34.2 Å². The molecule has 3 aliphatic carbocycles. The quantitative estimate of drug-likeness (QED) is 0.672. The van der Waals surface area contributed by atoms with Crippen LogP contribution in [-0.4, -0.2) is 34.2 Å². The molecule has 0 aromatic carbocycles. The largest absolute Gasteiger partial charge is 0.302 e. The molecule has 2 bridgehead atoms. The summed E-state index contributed by atoms with van der Waals surface area (Å²) < 4.78 is 0. The fourth-order valence-corrected chi connectivity index (χ4v) is 4.58. The van der Waals surface area contributed by atoms with Gasteiger partial charge >= 0.3 is 0 Å². The van der Waals surface area contributed by atoms with Gasteiger partial charge in [-0.1, -0.05) is 12.2 Å². The first kappa shape index (κ1) is 14.6. The number of nitrogens with one attached hydrogen (secondary N) is 1. The number of hydrogen-bond donors (Lipinski definition) is 1. The molecule has 3 amide bonds. The molecule has 5 rings (SSSR count). The second kappa shape index (κ2) is 5.56. The van der Waals surface area contributed by atoms with Crippen molar-refractivity contribution in [3.05, 3.63) is 23.7 Å². The van der Waals surface area contributed by atoms with Gasteiger partial charge in [0, 0.05) is 24.5 Å². The highest BCUT2D eigenvalue weighted by Gasteiger charge is 2.56. The Balaban J connectivity index is 1.41. The Labute approximate surface area is 137 Å². The summed E-state index contributed by atoms with van der Waals surface area (Å²) in [6, 6.07) is 0. The number of carbonyl (C=O) groups is 3. The second-order valence-electron chi connectivity index (χ2n) is 6.31. The van der Waals surface area contributed by atoms with E-state index in [2.05, 4.69) is 22.5 Å². The fourth-order valence-electron chi connectivity index (χ4n) is 4.04. The van der Waals surface area contributed by atoms with Crippen molar-refractivity contribution < 1.29 is 14.4 Å². The molecule has 6 nitrogen and oxygen atoms in total. The molecule has 0 unspecified atom stereocenters. The van der Waals surface area contributed by atoms with E-state index in [4.69, 9.17) is 0 Å². The van der Waals surface area contributed by atoms with Crippen LogP contribution in [0.15, 0.2) is 23.7 Å². The van der Waals surface area contributed by atoms with Crippen LogP contribution in [0, 0.1) is 23.7 Å². The molecule has 1 aliphatic heterocycles. The van der Waals surface area contributed by atoms with E-state index in [1.807, 2.05) is 0 Å². The molecule has 23 heavy (non-hydrogen) atoms. The molecular weight excluding hydrogens is 314 g/mol. The van der Waals surface area contributed by atoms with Gasteiger partial charge in [-0.05, 0) is 24.7 Å². The monoisotopic (exact) mass is 331 g/mol. The van der Waals surface area contributed by atoms with Crippen LogP contribution < -0.4 is 5.32 Å². The summed E-state index contributed by atoms with van der Waals surface area (Å²) in [5, 5.41) is 4.98. The molecule has 1 aromatic rings. The first-order valence-electron chi connectivity index (χ1n) is 7.88. The molecule has 1 saturated heterocycles. The number of nitrogens with zero attached hydrogens (tertiary/aromatic N) is 2. The Morgan fingerprint density at radius 2 is 1.87 bits per heavy atom. The molecule has 0 radical (unpaired) electrons. The number of amides is 3. The molecule has 1 N–H and O–H groups in total. The van der Waals surface area contributed by atoms with Crippen LogP contribution in [0.4, 0.5) is 5.13 Å². The Hall–Kier alpha value is -2.02. The highest BCUT2D eigenvalue weighted by Crippen LogP contribution is 2.49. The number of aromatic nitrogens is 1. The lowest BCUT2D eigenvalue weighted by Gasteiger charge is -2.38. The molecular formula is C16H17N3O3S. The van der Waals surface area contributed by atoms with Gasteiger partial charge in [-0.3, -0.25) is 19.3 Å². The average Bonchev–Trinajstić information content (AvgIpc) is 3.16. The second-order valence-corrected chi connectivity index (χ2v) is 7.20. The van der Waals surface area contributed by atoms with Crippen molar-refractivity contribution in [2.45, 2.75) is 19.3 Å². The predicted octanol–water partition coefficient (Wildman–Crippen LogP) is 1.67. The molecule has 1 saturated carbocycles. The highest BCUT2D eigenvalue weighted by atomic mass is 32.1. The minimum Gasteiger partial charge on any atom is -0.302 e. The number of fused-ring (bicyclic) bond motifs is 1. The number of likely N-dealkylation sites (tertiary alicyclic amines) is 1. The third kappa shape index (κ3) is 2.39. The van der Waals surface area contributed by atoms with Crippen molar-refractivity contribution in [2.75, 3.05) is 11.9 Å². The van der Waals surface area contributed by atoms with E-state index in [0.29, 0.717) is 5.13 Å². The van der Waals surface area contributed by atoms with Gasteiger partial charge in [0.15, 0.2) is 5.13 Å². The van der Waals surface area contributed by atoms with E-state index in [1.165, 1.54) is 16.2 Å². The molecule has 4 aliphatic rings. The summed E-state index contributed by atoms with van der Waals surface area (Å²) in [6.07, 6.45) is 7.89. The number of anilines is 1. The van der Waals surface area contributed by atoms with Crippen LogP contribution in [0.25, 0.3) is 0 Å². The van der Waals surface area contributed by atoms with Crippen molar-refractivity contribution in [3.8, 4) is 0 Å². The van der Waals surface area contributed by atoms with E-state index in [0.717, 1.165) is 12.8 Å². The van der Waals surface area contributed by atoms with E-state index < -0.39 is 0 Å². The summed E-state index contributed by atoms with van der Waals surface area (Å²) in [4.78, 5) is 42.4. The average molecular weight is 331 g/mol. The Bertz CT molecular complexity index is 653. The summed E-state index contributed by atoms with van der Waals surface area (Å²) in [5.74, 6) is -0.438. The fraction of sp³-hybridized carbons (Fsp3) is 0.500. The molecule has 2 fully saturated rings. The Morgan fingerprint density at radius 3 is 2.39 bits per heavy atom. The summed E-state index contributed by atoms with van der Waals surface area (Å²) in [6.45, 7) is 0.154. The third-order valence-electron chi connectivity index (χ3n) is 5.09. The van der Waals surface area contributed by atoms with Gasteiger partial charge in [0.05, 0.1) is 11.8 Å². The van der Waals surface area contributed by atoms with Gasteiger partial charge in [0.25, 0.3) is 0 Å². The zero-order valence-corrected chi connectivity index (χ0v) is 13.3. The highest BCUT2D eigenvalue weighted by molar-refractivity contribution is 7.13. The normalized spacial score (nSPS) is 31.6. The first-order valence-corrected chi connectivity index (χ1v) is 8.76. The minimum atomic E-state index is -0.225. The summed E-state index contributed by atoms with van der Waals surface area (Å²) in [5.41, 5.74) is 0. The molecule has 7 heteroatoms. The smallest absolute Gasteiger partial charge is 0.233 e. The SMILES string of the molecule is O=C(CCN1C(=O)[C@H]2[C@H](C1=O)[C@H]1C=C[C@H]2CC1)Nc1nccs1. The van der Waals surface area contributed by atoms with E-state index in [9.17, 15) is 14.4 Å². The topological polar surface area (TPSA) is 79.4 Å². The molecule has 120 valence electrons. The zero-order valence-electron chi connectivity index (χ0n) is 12.5. The van der Waals surface area contributed by atoms with E-state index >= 15 is 0 Å². The Morgan fingerprint density at radius 1 is 1.22 bits per heavy atom. The lowest BCUT2D eigenvalue weighted by Crippen LogP contribution is -2.38. The van der Waals surface area contributed by atoms with Gasteiger partial charge in [0.1, 0.15) is 0 Å². The van der Waals surface area contributed by atoms with Crippen LogP contribution >= 0.6 is 11.3 Å². The number of hydrogen-bond acceptors (Lipinski definition) is 5. The summed E-state index contributed by atoms with van der Waals surface area (Å²) in [7, 11) is 0. The number of thiazole rings is 1. The maximum absolute atomic E-state index is 12.6. The maximum atomic E-state index is 12.6. The summed E-state index contributed by atoms with van der Waals surface area (Å²) >= 11 is 1.34. The molecule has 0 spiro atoms. The predicted molar refractivity (Wildman–Crippen MR) is 84.4 cm³/mol. The van der Waals surface area contributed by atoms with Crippen LogP contribution in [0.2, 0.25) is 0 Å². The van der Waals surface area contributed by atoms with Crippen molar-refractivity contribution in [1.82, 2.24) is 9.88 Å². The molecule has 1 aromatic heterocycles. The van der Waals surface area contributed by atoms with Gasteiger partial charge < -0.3 is 5.32 Å². The van der Waals surface area contributed by atoms with E-state index in [-0.39, 0.29) is 54.4 Å². The minimum absolute atomic E-state index is 0.0962. The van der Waals surface area contributed by atoms with E-state index in [1.54, 1.807) is 11.6 Å². The third-order valence-corrected chi connectivity index (χ3v) is 5.78. The van der Waals surface area contributed by atoms with Crippen LogP contribution in [0.5, 0.6) is 0 Å².